The molecule has 0 saturated carbocycles. The van der Waals surface area contributed by atoms with Crippen LogP contribution in [0.15, 0.2) is 84.9 Å². The molecular weight excluding hydrogens is 343 g/mol. The van der Waals surface area contributed by atoms with E-state index in [2.05, 4.69) is 4.98 Å². The van der Waals surface area contributed by atoms with Gasteiger partial charge in [-0.15, -0.1) is 0 Å². The van der Waals surface area contributed by atoms with Gasteiger partial charge >= 0.3 is 0 Å². The van der Waals surface area contributed by atoms with Crippen molar-refractivity contribution in [1.29, 1.82) is 0 Å². The Morgan fingerprint density at radius 3 is 2.41 bits per heavy atom. The molecule has 1 atom stereocenters. The standard InChI is InChI=1S/C22H17FN2O2/c23-18-10-8-17(9-11-18)20-19(16-6-2-1-3-7-16)21(26)22(27)25(20)14-15-5-4-12-24-13-15/h1-13,20,26H,14H2/t20-/m0/s1. The van der Waals surface area contributed by atoms with Crippen LogP contribution in [0.2, 0.25) is 0 Å². The molecule has 0 fully saturated rings. The number of benzene rings is 2. The third-order valence-corrected chi connectivity index (χ3v) is 4.65. The molecule has 1 aliphatic heterocycles. The summed E-state index contributed by atoms with van der Waals surface area (Å²) >= 11 is 0. The average molecular weight is 360 g/mol. The van der Waals surface area contributed by atoms with Crippen LogP contribution in [-0.4, -0.2) is 20.9 Å². The second-order valence-corrected chi connectivity index (χ2v) is 6.38. The van der Waals surface area contributed by atoms with Crippen LogP contribution < -0.4 is 0 Å². The van der Waals surface area contributed by atoms with Crippen molar-refractivity contribution in [3.8, 4) is 0 Å². The van der Waals surface area contributed by atoms with Gasteiger partial charge in [0.05, 0.1) is 6.04 Å². The van der Waals surface area contributed by atoms with Crippen LogP contribution in [0.4, 0.5) is 4.39 Å². The van der Waals surface area contributed by atoms with Gasteiger partial charge in [0.15, 0.2) is 5.76 Å². The lowest BCUT2D eigenvalue weighted by Crippen LogP contribution is -2.29. The smallest absolute Gasteiger partial charge is 0.290 e. The predicted octanol–water partition coefficient (Wildman–Crippen LogP) is 4.27. The van der Waals surface area contributed by atoms with Gasteiger partial charge in [-0.05, 0) is 34.9 Å². The van der Waals surface area contributed by atoms with Gasteiger partial charge in [0.2, 0.25) is 0 Å². The Morgan fingerprint density at radius 2 is 1.74 bits per heavy atom. The summed E-state index contributed by atoms with van der Waals surface area (Å²) < 4.78 is 13.4. The number of carbonyl (C=O) groups excluding carboxylic acids is 1. The Kier molecular flexibility index (Phi) is 4.42. The van der Waals surface area contributed by atoms with Crippen molar-refractivity contribution >= 4 is 11.5 Å². The van der Waals surface area contributed by atoms with E-state index in [4.69, 9.17) is 0 Å². The van der Waals surface area contributed by atoms with Gasteiger partial charge < -0.3 is 10.0 Å². The van der Waals surface area contributed by atoms with E-state index in [0.717, 1.165) is 16.7 Å². The fourth-order valence-electron chi connectivity index (χ4n) is 3.41. The van der Waals surface area contributed by atoms with Crippen LogP contribution in [0.5, 0.6) is 0 Å². The first-order valence-electron chi connectivity index (χ1n) is 8.59. The number of hydrogen-bond acceptors (Lipinski definition) is 3. The second-order valence-electron chi connectivity index (χ2n) is 6.38. The lowest BCUT2D eigenvalue weighted by molar-refractivity contribution is -0.130. The summed E-state index contributed by atoms with van der Waals surface area (Å²) in [7, 11) is 0. The summed E-state index contributed by atoms with van der Waals surface area (Å²) in [6.07, 6.45) is 3.35. The van der Waals surface area contributed by atoms with E-state index >= 15 is 0 Å². The molecule has 5 heteroatoms. The molecular formula is C22H17FN2O2. The monoisotopic (exact) mass is 360 g/mol. The molecule has 1 amide bonds. The van der Waals surface area contributed by atoms with Crippen LogP contribution in [-0.2, 0) is 11.3 Å². The summed E-state index contributed by atoms with van der Waals surface area (Å²) in [5.74, 6) is -1.08. The minimum atomic E-state index is -0.513. The van der Waals surface area contributed by atoms with Crippen LogP contribution in [0.3, 0.4) is 0 Å². The fourth-order valence-corrected chi connectivity index (χ4v) is 3.41. The van der Waals surface area contributed by atoms with E-state index in [1.807, 2.05) is 36.4 Å². The molecule has 0 aliphatic carbocycles. The van der Waals surface area contributed by atoms with Crippen molar-refractivity contribution < 1.29 is 14.3 Å². The quantitative estimate of drug-likeness (QED) is 0.756. The number of aliphatic hydroxyl groups is 1. The molecule has 1 aliphatic rings. The minimum Gasteiger partial charge on any atom is -0.503 e. The van der Waals surface area contributed by atoms with Crippen molar-refractivity contribution in [2.75, 3.05) is 0 Å². The van der Waals surface area contributed by atoms with Crippen LogP contribution in [0.1, 0.15) is 22.7 Å². The number of pyridine rings is 1. The van der Waals surface area contributed by atoms with Gasteiger partial charge in [0.25, 0.3) is 5.91 Å². The molecule has 3 aromatic rings. The Morgan fingerprint density at radius 1 is 1.00 bits per heavy atom. The van der Waals surface area contributed by atoms with Crippen LogP contribution >= 0.6 is 0 Å². The Labute approximate surface area is 156 Å². The Bertz CT molecular complexity index is 986. The van der Waals surface area contributed by atoms with Gasteiger partial charge in [-0.25, -0.2) is 4.39 Å². The molecule has 1 N–H and O–H groups in total. The highest BCUT2D eigenvalue weighted by atomic mass is 19.1. The number of aromatic nitrogens is 1. The van der Waals surface area contributed by atoms with Crippen LogP contribution in [0, 0.1) is 5.82 Å². The maximum atomic E-state index is 13.4. The zero-order valence-corrected chi connectivity index (χ0v) is 14.4. The molecule has 1 aromatic heterocycles. The fraction of sp³-hybridized carbons (Fsp3) is 0.0909. The lowest BCUT2D eigenvalue weighted by Gasteiger charge is -2.27. The molecule has 27 heavy (non-hydrogen) atoms. The van der Waals surface area contributed by atoms with E-state index in [-0.39, 0.29) is 18.1 Å². The predicted molar refractivity (Wildman–Crippen MR) is 99.9 cm³/mol. The summed E-state index contributed by atoms with van der Waals surface area (Å²) in [5, 5.41) is 10.6. The first kappa shape index (κ1) is 17.0. The van der Waals surface area contributed by atoms with Crippen molar-refractivity contribution in [1.82, 2.24) is 9.88 Å². The minimum absolute atomic E-state index is 0.278. The molecule has 0 saturated heterocycles. The number of rotatable bonds is 4. The second kappa shape index (κ2) is 7.03. The number of hydrogen-bond donors (Lipinski definition) is 1. The summed E-state index contributed by atoms with van der Waals surface area (Å²) in [4.78, 5) is 18.5. The number of amides is 1. The molecule has 4 rings (SSSR count). The Hall–Kier alpha value is -3.47. The van der Waals surface area contributed by atoms with E-state index in [0.29, 0.717) is 5.57 Å². The van der Waals surface area contributed by atoms with Crippen LogP contribution in [0.25, 0.3) is 5.57 Å². The normalized spacial score (nSPS) is 16.9. The number of halogens is 1. The van der Waals surface area contributed by atoms with Gasteiger partial charge in [0.1, 0.15) is 5.82 Å². The third-order valence-electron chi connectivity index (χ3n) is 4.65. The molecule has 134 valence electrons. The molecule has 2 heterocycles. The summed E-state index contributed by atoms with van der Waals surface area (Å²) in [6.45, 7) is 0.287. The van der Waals surface area contributed by atoms with Crippen molar-refractivity contribution in [2.24, 2.45) is 0 Å². The topological polar surface area (TPSA) is 53.4 Å². The largest absolute Gasteiger partial charge is 0.503 e. The van der Waals surface area contributed by atoms with Crippen molar-refractivity contribution in [3.05, 3.63) is 107 Å². The SMILES string of the molecule is O=C1C(O)=C(c2ccccc2)[C@H](c2ccc(F)cc2)N1Cc1cccnc1. The highest BCUT2D eigenvalue weighted by molar-refractivity contribution is 6.05. The molecule has 4 nitrogen and oxygen atoms in total. The zero-order chi connectivity index (χ0) is 18.8. The van der Waals surface area contributed by atoms with Gasteiger partial charge in [-0.2, -0.15) is 0 Å². The molecule has 0 radical (unpaired) electrons. The average Bonchev–Trinajstić information content (AvgIpc) is 2.95. The van der Waals surface area contributed by atoms with E-state index in [9.17, 15) is 14.3 Å². The van der Waals surface area contributed by atoms with Crippen molar-refractivity contribution in [3.63, 3.8) is 0 Å². The van der Waals surface area contributed by atoms with E-state index < -0.39 is 11.9 Å². The van der Waals surface area contributed by atoms with Gasteiger partial charge in [-0.3, -0.25) is 9.78 Å². The first-order valence-corrected chi connectivity index (χ1v) is 8.59. The van der Waals surface area contributed by atoms with E-state index in [1.165, 1.54) is 12.1 Å². The first-order chi connectivity index (χ1) is 13.1. The number of carbonyl (C=O) groups is 1. The zero-order valence-electron chi connectivity index (χ0n) is 14.4. The summed E-state index contributed by atoms with van der Waals surface area (Å²) in [6, 6.07) is 18.5. The highest BCUT2D eigenvalue weighted by Crippen LogP contribution is 2.43. The molecule has 0 spiro atoms. The maximum absolute atomic E-state index is 13.4. The van der Waals surface area contributed by atoms with Gasteiger partial charge in [-0.1, -0.05) is 48.5 Å². The highest BCUT2D eigenvalue weighted by Gasteiger charge is 2.40. The van der Waals surface area contributed by atoms with E-state index in [1.54, 1.807) is 35.5 Å². The Balaban J connectivity index is 1.81. The molecule has 0 unspecified atom stereocenters. The van der Waals surface area contributed by atoms with Gasteiger partial charge in [0, 0.05) is 24.5 Å². The lowest BCUT2D eigenvalue weighted by atomic mass is 9.93. The molecule has 2 aromatic carbocycles. The maximum Gasteiger partial charge on any atom is 0.290 e. The third kappa shape index (κ3) is 3.19. The molecule has 0 bridgehead atoms. The number of nitrogens with zero attached hydrogens (tertiary/aromatic N) is 2. The summed E-state index contributed by atoms with van der Waals surface area (Å²) in [5.41, 5.74) is 2.86. The van der Waals surface area contributed by atoms with Crippen molar-refractivity contribution in [2.45, 2.75) is 12.6 Å². The number of aliphatic hydroxyl groups excluding tert-OH is 1.